The van der Waals surface area contributed by atoms with Gasteiger partial charge in [-0.1, -0.05) is 36.4 Å². The van der Waals surface area contributed by atoms with Gasteiger partial charge in [-0.25, -0.2) is 16.8 Å². The summed E-state index contributed by atoms with van der Waals surface area (Å²) in [6, 6.07) is 23.6. The first kappa shape index (κ1) is 29.1. The van der Waals surface area contributed by atoms with Crippen molar-refractivity contribution in [1.82, 2.24) is 0 Å². The number of nitro groups is 1. The Hall–Kier alpha value is -3.46. The summed E-state index contributed by atoms with van der Waals surface area (Å²) in [5, 5.41) is 17.3. The third-order valence-electron chi connectivity index (χ3n) is 5.08. The molecule has 0 bridgehead atoms. The van der Waals surface area contributed by atoms with Crippen LogP contribution in [0.15, 0.2) is 107 Å². The Morgan fingerprint density at radius 1 is 0.658 bits per heavy atom. The van der Waals surface area contributed by atoms with Gasteiger partial charge in [-0.05, 0) is 54.6 Å². The molecule has 0 aliphatic heterocycles. The van der Waals surface area contributed by atoms with Gasteiger partial charge in [-0.3, -0.25) is 14.8 Å². The zero-order valence-electron chi connectivity index (χ0n) is 19.9. The average Bonchev–Trinajstić information content (AvgIpc) is 2.85. The van der Waals surface area contributed by atoms with E-state index < -0.39 is 35.6 Å². The number of rotatable bonds is 9. The van der Waals surface area contributed by atoms with Crippen LogP contribution in [0.1, 0.15) is 0 Å². The largest absolute Gasteiger partial charge is 1.00 e. The van der Waals surface area contributed by atoms with Crippen molar-refractivity contribution < 1.29 is 55.9 Å². The fourth-order valence-corrected chi connectivity index (χ4v) is 5.14. The van der Waals surface area contributed by atoms with Gasteiger partial charge >= 0.3 is 29.6 Å². The van der Waals surface area contributed by atoms with Gasteiger partial charge in [0.2, 0.25) is 0 Å². The number of para-hydroxylation sites is 2. The maximum absolute atomic E-state index is 12.7. The topological polar surface area (TPSA) is 171 Å². The number of nitro benzene ring substituents is 1. The van der Waals surface area contributed by atoms with Gasteiger partial charge in [0.05, 0.1) is 20.4 Å². The first-order valence-electron chi connectivity index (χ1n) is 10.6. The second-order valence-electron chi connectivity index (χ2n) is 7.69. The summed E-state index contributed by atoms with van der Waals surface area (Å²) in [6.07, 6.45) is 0. The molecule has 0 radical (unpaired) electrons. The minimum absolute atomic E-state index is 0. The van der Waals surface area contributed by atoms with Crippen molar-refractivity contribution in [3.05, 3.63) is 107 Å². The fourth-order valence-electron chi connectivity index (χ4n) is 3.40. The SMILES string of the molecule is O=[N+]([O-])c1cc(S(=O)(=O)Nc2ccccc2)ccc1Nc1ccc(Nc2ccccc2)c(S(=O)(=O)[O-])c1.[Na+]. The predicted octanol–water partition coefficient (Wildman–Crippen LogP) is 1.79. The summed E-state index contributed by atoms with van der Waals surface area (Å²) in [5.74, 6) is 0. The molecule has 11 nitrogen and oxygen atoms in total. The number of hydrogen-bond acceptors (Lipinski definition) is 9. The van der Waals surface area contributed by atoms with E-state index in [1.807, 2.05) is 0 Å². The first-order chi connectivity index (χ1) is 17.5. The minimum Gasteiger partial charge on any atom is -0.744 e. The Kier molecular flexibility index (Phi) is 9.14. The molecule has 0 aliphatic rings. The van der Waals surface area contributed by atoms with E-state index in [4.69, 9.17) is 0 Å². The van der Waals surface area contributed by atoms with Crippen LogP contribution in [0.2, 0.25) is 0 Å². The Bertz CT molecular complexity index is 1670. The molecule has 4 rings (SSSR count). The molecule has 0 aromatic heterocycles. The van der Waals surface area contributed by atoms with Crippen LogP contribution in [0.25, 0.3) is 0 Å². The number of sulfonamides is 1. The van der Waals surface area contributed by atoms with Gasteiger partial charge in [-0.2, -0.15) is 0 Å². The van der Waals surface area contributed by atoms with Crippen LogP contribution in [0.3, 0.4) is 0 Å². The molecule has 0 saturated carbocycles. The maximum Gasteiger partial charge on any atom is 1.00 e. The van der Waals surface area contributed by atoms with Gasteiger partial charge in [0.15, 0.2) is 0 Å². The van der Waals surface area contributed by atoms with E-state index in [0.717, 1.165) is 18.2 Å². The second-order valence-corrected chi connectivity index (χ2v) is 10.7. The molecule has 0 saturated heterocycles. The van der Waals surface area contributed by atoms with Gasteiger partial charge < -0.3 is 15.2 Å². The molecule has 4 aromatic carbocycles. The van der Waals surface area contributed by atoms with Crippen molar-refractivity contribution in [3.63, 3.8) is 0 Å². The molecule has 14 heteroatoms. The van der Waals surface area contributed by atoms with Crippen LogP contribution in [-0.2, 0) is 20.1 Å². The van der Waals surface area contributed by atoms with Crippen LogP contribution < -0.4 is 44.9 Å². The number of hydrogen-bond donors (Lipinski definition) is 3. The molecule has 4 aromatic rings. The van der Waals surface area contributed by atoms with Crippen LogP contribution >= 0.6 is 0 Å². The molecule has 0 amide bonds. The molecular formula is C24H19N4NaO7S2. The van der Waals surface area contributed by atoms with Crippen LogP contribution in [0, 0.1) is 10.1 Å². The number of anilines is 5. The van der Waals surface area contributed by atoms with Crippen molar-refractivity contribution in [2.24, 2.45) is 0 Å². The normalized spacial score (nSPS) is 11.2. The zero-order valence-corrected chi connectivity index (χ0v) is 23.5. The van der Waals surface area contributed by atoms with Crippen molar-refractivity contribution in [3.8, 4) is 0 Å². The predicted molar refractivity (Wildman–Crippen MR) is 138 cm³/mol. The molecule has 0 heterocycles. The van der Waals surface area contributed by atoms with Crippen molar-refractivity contribution >= 4 is 54.3 Å². The molecule has 0 unspecified atom stereocenters. The molecular weight excluding hydrogens is 543 g/mol. The summed E-state index contributed by atoms with van der Waals surface area (Å²) < 4.78 is 63.6. The second kappa shape index (κ2) is 11.9. The molecule has 3 N–H and O–H groups in total. The van der Waals surface area contributed by atoms with E-state index in [2.05, 4.69) is 15.4 Å². The number of benzene rings is 4. The number of nitrogens with one attached hydrogen (secondary N) is 3. The third-order valence-corrected chi connectivity index (χ3v) is 7.34. The van der Waals surface area contributed by atoms with E-state index in [1.54, 1.807) is 48.5 Å². The summed E-state index contributed by atoms with van der Waals surface area (Å²) in [7, 11) is -9.06. The third kappa shape index (κ3) is 7.10. The van der Waals surface area contributed by atoms with Crippen LogP contribution in [0.4, 0.5) is 34.1 Å². The zero-order chi connectivity index (χ0) is 26.6. The number of nitrogens with zero attached hydrogens (tertiary/aromatic N) is 1. The fraction of sp³-hybridized carbons (Fsp3) is 0. The molecule has 190 valence electrons. The quantitative estimate of drug-likeness (QED) is 0.119. The van der Waals surface area contributed by atoms with Gasteiger partial charge in [-0.15, -0.1) is 0 Å². The summed E-state index contributed by atoms with van der Waals surface area (Å²) in [5.41, 5.74) is 0.229. The van der Waals surface area contributed by atoms with Crippen molar-refractivity contribution in [1.29, 1.82) is 0 Å². The molecule has 0 atom stereocenters. The van der Waals surface area contributed by atoms with Crippen LogP contribution in [0.5, 0.6) is 0 Å². The van der Waals surface area contributed by atoms with E-state index in [0.29, 0.717) is 5.69 Å². The van der Waals surface area contributed by atoms with Crippen molar-refractivity contribution in [2.75, 3.05) is 15.4 Å². The van der Waals surface area contributed by atoms with E-state index in [1.165, 1.54) is 30.3 Å². The molecule has 0 aliphatic carbocycles. The Balaban J connectivity index is 0.00000400. The Morgan fingerprint density at radius 3 is 1.79 bits per heavy atom. The smallest absolute Gasteiger partial charge is 0.744 e. The monoisotopic (exact) mass is 562 g/mol. The first-order valence-corrected chi connectivity index (χ1v) is 13.5. The summed E-state index contributed by atoms with van der Waals surface area (Å²) in [6.45, 7) is 0. The standard InChI is InChI=1S/C24H20N4O7S2.Na/c29-28(30)23-16-20(36(31,32)27-18-9-5-2-6-10-18)12-14-21(23)26-19-11-13-22(24(15-19)37(33,34)35)25-17-7-3-1-4-8-17;/h1-16,25-27H,(H,33,34,35);/q;+1/p-1. The van der Waals surface area contributed by atoms with Crippen LogP contribution in [-0.4, -0.2) is 26.3 Å². The molecule has 0 fully saturated rings. The molecule has 38 heavy (non-hydrogen) atoms. The molecule has 0 spiro atoms. The van der Waals surface area contributed by atoms with Gasteiger partial charge in [0.25, 0.3) is 15.7 Å². The minimum atomic E-state index is -4.92. The van der Waals surface area contributed by atoms with Gasteiger partial charge in [0.1, 0.15) is 15.8 Å². The Morgan fingerprint density at radius 2 is 1.21 bits per heavy atom. The average molecular weight is 563 g/mol. The summed E-state index contributed by atoms with van der Waals surface area (Å²) >= 11 is 0. The maximum atomic E-state index is 12.7. The van der Waals surface area contributed by atoms with E-state index >= 15 is 0 Å². The van der Waals surface area contributed by atoms with Gasteiger partial charge in [0, 0.05) is 23.1 Å². The van der Waals surface area contributed by atoms with E-state index in [9.17, 15) is 31.5 Å². The Labute approximate surface area is 241 Å². The van der Waals surface area contributed by atoms with E-state index in [-0.39, 0.29) is 57.2 Å². The summed E-state index contributed by atoms with van der Waals surface area (Å²) in [4.78, 5) is 10.0. The van der Waals surface area contributed by atoms with Crippen molar-refractivity contribution in [2.45, 2.75) is 9.79 Å².